The van der Waals surface area contributed by atoms with Crippen LogP contribution in [0.15, 0.2) is 58.7 Å². The van der Waals surface area contributed by atoms with Crippen LogP contribution in [-0.4, -0.2) is 31.2 Å². The van der Waals surface area contributed by atoms with Crippen molar-refractivity contribution in [2.24, 2.45) is 0 Å². The SMILES string of the molecule is Cc1cc(C)c(NC(=O)CSc2nc3nccnc3c(=O)n2Cc2ccc(Cl)cc2)c(C)c1. The molecule has 168 valence electrons. The van der Waals surface area contributed by atoms with Gasteiger partial charge in [0, 0.05) is 23.1 Å². The Morgan fingerprint density at radius 1 is 1.06 bits per heavy atom. The molecular formula is C24H22ClN5O2S. The molecule has 0 fully saturated rings. The topological polar surface area (TPSA) is 89.8 Å². The van der Waals surface area contributed by atoms with Crippen molar-refractivity contribution in [3.63, 3.8) is 0 Å². The number of carbonyl (C=O) groups excluding carboxylic acids is 1. The van der Waals surface area contributed by atoms with Crippen LogP contribution in [0.25, 0.3) is 11.2 Å². The van der Waals surface area contributed by atoms with Gasteiger partial charge in [-0.2, -0.15) is 0 Å². The first-order valence-corrected chi connectivity index (χ1v) is 11.6. The van der Waals surface area contributed by atoms with E-state index in [4.69, 9.17) is 11.6 Å². The number of rotatable bonds is 6. The van der Waals surface area contributed by atoms with Crippen molar-refractivity contribution in [3.8, 4) is 0 Å². The zero-order valence-electron chi connectivity index (χ0n) is 18.4. The maximum absolute atomic E-state index is 13.2. The van der Waals surface area contributed by atoms with Crippen molar-refractivity contribution in [1.82, 2.24) is 19.5 Å². The van der Waals surface area contributed by atoms with Crippen molar-refractivity contribution in [2.45, 2.75) is 32.5 Å². The highest BCUT2D eigenvalue weighted by molar-refractivity contribution is 7.99. The first-order chi connectivity index (χ1) is 15.8. The number of hydrogen-bond donors (Lipinski definition) is 1. The second-order valence-electron chi connectivity index (χ2n) is 7.75. The summed E-state index contributed by atoms with van der Waals surface area (Å²) in [4.78, 5) is 38.7. The molecule has 0 aliphatic heterocycles. The minimum atomic E-state index is -0.309. The summed E-state index contributed by atoms with van der Waals surface area (Å²) in [6.07, 6.45) is 2.95. The van der Waals surface area contributed by atoms with Crippen LogP contribution in [0, 0.1) is 20.8 Å². The molecule has 0 aliphatic carbocycles. The Labute approximate surface area is 200 Å². The van der Waals surface area contributed by atoms with Crippen LogP contribution >= 0.6 is 23.4 Å². The number of nitrogens with one attached hydrogen (secondary N) is 1. The highest BCUT2D eigenvalue weighted by atomic mass is 35.5. The number of carbonyl (C=O) groups is 1. The fourth-order valence-corrected chi connectivity index (χ4v) is 4.55. The van der Waals surface area contributed by atoms with E-state index in [1.165, 1.54) is 28.7 Å². The van der Waals surface area contributed by atoms with Gasteiger partial charge in [-0.3, -0.25) is 14.2 Å². The highest BCUT2D eigenvalue weighted by Crippen LogP contribution is 2.23. The Morgan fingerprint density at radius 3 is 2.42 bits per heavy atom. The predicted octanol–water partition coefficient (Wildman–Crippen LogP) is 4.54. The lowest BCUT2D eigenvalue weighted by atomic mass is 10.1. The first-order valence-electron chi connectivity index (χ1n) is 10.3. The van der Waals surface area contributed by atoms with Gasteiger partial charge in [-0.15, -0.1) is 0 Å². The summed E-state index contributed by atoms with van der Waals surface area (Å²) in [6, 6.07) is 11.3. The molecule has 0 bridgehead atoms. The molecule has 0 aliphatic rings. The summed E-state index contributed by atoms with van der Waals surface area (Å²) in [5.74, 6) is -0.0902. The summed E-state index contributed by atoms with van der Waals surface area (Å²) >= 11 is 7.18. The lowest BCUT2D eigenvalue weighted by Crippen LogP contribution is -2.26. The average Bonchev–Trinajstić information content (AvgIpc) is 2.78. The van der Waals surface area contributed by atoms with E-state index in [1.54, 1.807) is 12.1 Å². The van der Waals surface area contributed by atoms with Crippen molar-refractivity contribution in [3.05, 3.63) is 86.4 Å². The van der Waals surface area contributed by atoms with Gasteiger partial charge < -0.3 is 5.32 Å². The van der Waals surface area contributed by atoms with E-state index >= 15 is 0 Å². The van der Waals surface area contributed by atoms with E-state index in [0.29, 0.717) is 10.2 Å². The maximum atomic E-state index is 13.2. The first kappa shape index (κ1) is 22.9. The van der Waals surface area contributed by atoms with E-state index in [0.717, 1.165) is 27.9 Å². The second-order valence-corrected chi connectivity index (χ2v) is 9.13. The zero-order valence-corrected chi connectivity index (χ0v) is 20.0. The second kappa shape index (κ2) is 9.72. The summed E-state index contributed by atoms with van der Waals surface area (Å²) in [5.41, 5.74) is 4.97. The largest absolute Gasteiger partial charge is 0.325 e. The number of benzene rings is 2. The molecule has 9 heteroatoms. The van der Waals surface area contributed by atoms with Gasteiger partial charge in [-0.25, -0.2) is 15.0 Å². The number of aromatic nitrogens is 4. The van der Waals surface area contributed by atoms with Crippen LogP contribution in [0.1, 0.15) is 22.3 Å². The maximum Gasteiger partial charge on any atom is 0.282 e. The van der Waals surface area contributed by atoms with Gasteiger partial charge in [0.25, 0.3) is 5.56 Å². The number of nitrogens with zero attached hydrogens (tertiary/aromatic N) is 4. The summed E-state index contributed by atoms with van der Waals surface area (Å²) in [5, 5.41) is 4.00. The molecule has 2 aromatic heterocycles. The molecule has 1 amide bonds. The molecule has 4 aromatic rings. The Kier molecular flexibility index (Phi) is 6.76. The molecule has 0 unspecified atom stereocenters. The Hall–Kier alpha value is -3.23. The standard InChI is InChI=1S/C24H22ClN5O2S/c1-14-10-15(2)20(16(3)11-14)28-19(31)13-33-24-29-22-21(26-8-9-27-22)23(32)30(24)12-17-4-6-18(25)7-5-17/h4-11H,12-13H2,1-3H3,(H,28,31). The van der Waals surface area contributed by atoms with Gasteiger partial charge in [0.1, 0.15) is 0 Å². The Balaban J connectivity index is 1.61. The molecule has 0 radical (unpaired) electrons. The lowest BCUT2D eigenvalue weighted by molar-refractivity contribution is -0.113. The van der Waals surface area contributed by atoms with E-state index in [-0.39, 0.29) is 34.9 Å². The average molecular weight is 480 g/mol. The number of aryl methyl sites for hydroxylation is 3. The van der Waals surface area contributed by atoms with Crippen LogP contribution in [0.3, 0.4) is 0 Å². The summed E-state index contributed by atoms with van der Waals surface area (Å²) in [7, 11) is 0. The van der Waals surface area contributed by atoms with Crippen molar-refractivity contribution in [2.75, 3.05) is 11.1 Å². The van der Waals surface area contributed by atoms with Crippen LogP contribution in [0.4, 0.5) is 5.69 Å². The molecule has 4 rings (SSSR count). The van der Waals surface area contributed by atoms with E-state index in [1.807, 2.05) is 45.0 Å². The predicted molar refractivity (Wildman–Crippen MR) is 132 cm³/mol. The lowest BCUT2D eigenvalue weighted by Gasteiger charge is -2.14. The van der Waals surface area contributed by atoms with E-state index < -0.39 is 0 Å². The molecule has 2 aromatic carbocycles. The van der Waals surface area contributed by atoms with Crippen LogP contribution in [0.2, 0.25) is 5.02 Å². The third-order valence-electron chi connectivity index (χ3n) is 5.09. The van der Waals surface area contributed by atoms with Crippen molar-refractivity contribution in [1.29, 1.82) is 0 Å². The molecule has 2 heterocycles. The van der Waals surface area contributed by atoms with E-state index in [9.17, 15) is 9.59 Å². The van der Waals surface area contributed by atoms with Crippen LogP contribution in [0.5, 0.6) is 0 Å². The molecule has 1 N–H and O–H groups in total. The quantitative estimate of drug-likeness (QED) is 0.322. The third kappa shape index (κ3) is 5.23. The highest BCUT2D eigenvalue weighted by Gasteiger charge is 2.16. The Bertz CT molecular complexity index is 1380. The third-order valence-corrected chi connectivity index (χ3v) is 6.32. The van der Waals surface area contributed by atoms with Gasteiger partial charge in [0.2, 0.25) is 5.91 Å². The fourth-order valence-electron chi connectivity index (χ4n) is 3.63. The fraction of sp³-hybridized carbons (Fsp3) is 0.208. The minimum Gasteiger partial charge on any atom is -0.325 e. The molecule has 0 saturated heterocycles. The number of halogens is 1. The molecule has 33 heavy (non-hydrogen) atoms. The van der Waals surface area contributed by atoms with E-state index in [2.05, 4.69) is 20.3 Å². The summed E-state index contributed by atoms with van der Waals surface area (Å²) < 4.78 is 1.51. The van der Waals surface area contributed by atoms with Gasteiger partial charge in [0.05, 0.1) is 12.3 Å². The van der Waals surface area contributed by atoms with Gasteiger partial charge >= 0.3 is 0 Å². The number of hydrogen-bond acceptors (Lipinski definition) is 6. The van der Waals surface area contributed by atoms with Gasteiger partial charge in [0.15, 0.2) is 16.3 Å². The molecular weight excluding hydrogens is 458 g/mol. The number of fused-ring (bicyclic) bond motifs is 1. The molecule has 0 atom stereocenters. The monoisotopic (exact) mass is 479 g/mol. The van der Waals surface area contributed by atoms with Gasteiger partial charge in [-0.1, -0.05) is 53.2 Å². The number of anilines is 1. The van der Waals surface area contributed by atoms with Crippen LogP contribution < -0.4 is 10.9 Å². The summed E-state index contributed by atoms with van der Waals surface area (Å²) in [6.45, 7) is 6.23. The zero-order chi connectivity index (χ0) is 23.5. The van der Waals surface area contributed by atoms with Crippen LogP contribution in [-0.2, 0) is 11.3 Å². The number of thioether (sulfide) groups is 1. The Morgan fingerprint density at radius 2 is 1.73 bits per heavy atom. The van der Waals surface area contributed by atoms with Crippen molar-refractivity contribution < 1.29 is 4.79 Å². The van der Waals surface area contributed by atoms with Crippen molar-refractivity contribution >= 4 is 46.1 Å². The smallest absolute Gasteiger partial charge is 0.282 e. The minimum absolute atomic E-state index is 0.0889. The molecule has 0 spiro atoms. The number of amides is 1. The molecule has 0 saturated carbocycles. The normalized spacial score (nSPS) is 11.0. The van der Waals surface area contributed by atoms with Gasteiger partial charge in [-0.05, 0) is 49.6 Å². The molecule has 7 nitrogen and oxygen atoms in total.